The number of ether oxygens (including phenoxy) is 2. The van der Waals surface area contributed by atoms with Crippen molar-refractivity contribution in [3.8, 4) is 11.5 Å². The minimum Gasteiger partial charge on any atom is -0.485 e. The SMILES string of the molecule is CC(Sc1nnc(C2COc3ccccc3O2)n1C)C(=O)Nc1ccc(Br)cc1. The summed E-state index contributed by atoms with van der Waals surface area (Å²) in [6.07, 6.45) is -0.358. The van der Waals surface area contributed by atoms with Gasteiger partial charge in [-0.05, 0) is 43.3 Å². The van der Waals surface area contributed by atoms with Gasteiger partial charge in [0.2, 0.25) is 5.91 Å². The summed E-state index contributed by atoms with van der Waals surface area (Å²) >= 11 is 4.73. The van der Waals surface area contributed by atoms with Gasteiger partial charge in [-0.3, -0.25) is 4.79 Å². The standard InChI is InChI=1S/C20H19BrN4O3S/c1-12(19(26)22-14-9-7-13(21)8-10-14)29-20-24-23-18(25(20)2)17-11-27-15-5-3-4-6-16(15)28-17/h3-10,12,17H,11H2,1-2H3,(H,22,26). The third-order valence-corrected chi connectivity index (χ3v) is 6.09. The van der Waals surface area contributed by atoms with Crippen molar-refractivity contribution >= 4 is 39.3 Å². The second kappa shape index (κ2) is 8.46. The number of amides is 1. The molecule has 29 heavy (non-hydrogen) atoms. The zero-order valence-corrected chi connectivity index (χ0v) is 18.2. The smallest absolute Gasteiger partial charge is 0.237 e. The molecule has 150 valence electrons. The van der Waals surface area contributed by atoms with Gasteiger partial charge in [0.1, 0.15) is 6.61 Å². The van der Waals surface area contributed by atoms with Gasteiger partial charge in [0.15, 0.2) is 28.6 Å². The first-order chi connectivity index (χ1) is 14.0. The van der Waals surface area contributed by atoms with Crippen LogP contribution in [0.5, 0.6) is 11.5 Å². The third-order valence-electron chi connectivity index (χ3n) is 4.43. The predicted molar refractivity (Wildman–Crippen MR) is 114 cm³/mol. The van der Waals surface area contributed by atoms with Crippen LogP contribution in [-0.4, -0.2) is 32.5 Å². The lowest BCUT2D eigenvalue weighted by Crippen LogP contribution is -2.25. The van der Waals surface area contributed by atoms with Crippen molar-refractivity contribution in [1.82, 2.24) is 14.8 Å². The van der Waals surface area contributed by atoms with Gasteiger partial charge in [-0.15, -0.1) is 10.2 Å². The highest BCUT2D eigenvalue weighted by atomic mass is 79.9. The molecule has 0 aliphatic carbocycles. The molecule has 9 heteroatoms. The lowest BCUT2D eigenvalue weighted by molar-refractivity contribution is -0.115. The number of para-hydroxylation sites is 2. The molecule has 0 fully saturated rings. The maximum absolute atomic E-state index is 12.5. The minimum atomic E-state index is -0.358. The number of anilines is 1. The summed E-state index contributed by atoms with van der Waals surface area (Å²) in [6.45, 7) is 2.19. The molecule has 0 radical (unpaired) electrons. The number of thioether (sulfide) groups is 1. The molecule has 0 spiro atoms. The first-order valence-corrected chi connectivity index (χ1v) is 10.7. The molecule has 2 atom stereocenters. The molecule has 1 aliphatic heterocycles. The molecule has 2 unspecified atom stereocenters. The summed E-state index contributed by atoms with van der Waals surface area (Å²) in [7, 11) is 1.86. The molecule has 3 aromatic rings. The van der Waals surface area contributed by atoms with Crippen LogP contribution >= 0.6 is 27.7 Å². The molecule has 7 nitrogen and oxygen atoms in total. The molecule has 0 saturated carbocycles. The Morgan fingerprint density at radius 2 is 1.93 bits per heavy atom. The van der Waals surface area contributed by atoms with E-state index in [1.807, 2.05) is 67.1 Å². The van der Waals surface area contributed by atoms with Crippen molar-refractivity contribution < 1.29 is 14.3 Å². The van der Waals surface area contributed by atoms with E-state index in [4.69, 9.17) is 9.47 Å². The predicted octanol–water partition coefficient (Wildman–Crippen LogP) is 4.21. The Bertz CT molecular complexity index is 1020. The summed E-state index contributed by atoms with van der Waals surface area (Å²) in [5.74, 6) is 1.96. The van der Waals surface area contributed by atoms with Crippen LogP contribution in [0, 0.1) is 0 Å². The molecule has 0 bridgehead atoms. The number of aromatic nitrogens is 3. The van der Waals surface area contributed by atoms with E-state index in [0.717, 1.165) is 15.9 Å². The number of hydrogen-bond donors (Lipinski definition) is 1. The average Bonchev–Trinajstić information content (AvgIpc) is 3.09. The van der Waals surface area contributed by atoms with Crippen LogP contribution in [0.4, 0.5) is 5.69 Å². The van der Waals surface area contributed by atoms with Crippen LogP contribution in [0.25, 0.3) is 0 Å². The number of carbonyl (C=O) groups is 1. The summed E-state index contributed by atoms with van der Waals surface area (Å²) in [4.78, 5) is 12.5. The van der Waals surface area contributed by atoms with E-state index in [9.17, 15) is 4.79 Å². The van der Waals surface area contributed by atoms with Gasteiger partial charge in [0.25, 0.3) is 0 Å². The van der Waals surface area contributed by atoms with E-state index >= 15 is 0 Å². The highest BCUT2D eigenvalue weighted by Gasteiger charge is 2.28. The number of halogens is 1. The van der Waals surface area contributed by atoms with Crippen molar-refractivity contribution in [2.24, 2.45) is 7.05 Å². The fourth-order valence-corrected chi connectivity index (χ4v) is 3.93. The van der Waals surface area contributed by atoms with Gasteiger partial charge >= 0.3 is 0 Å². The molecule has 1 aliphatic rings. The Hall–Kier alpha value is -2.52. The van der Waals surface area contributed by atoms with Gasteiger partial charge in [0, 0.05) is 17.2 Å². The van der Waals surface area contributed by atoms with Gasteiger partial charge in [-0.2, -0.15) is 0 Å². The molecule has 1 aromatic heterocycles. The van der Waals surface area contributed by atoms with Gasteiger partial charge in [-0.1, -0.05) is 39.8 Å². The maximum Gasteiger partial charge on any atom is 0.237 e. The van der Waals surface area contributed by atoms with E-state index in [-0.39, 0.29) is 17.3 Å². The lowest BCUT2D eigenvalue weighted by Gasteiger charge is -2.25. The van der Waals surface area contributed by atoms with Crippen LogP contribution in [0.2, 0.25) is 0 Å². The molecule has 1 amide bonds. The number of hydrogen-bond acceptors (Lipinski definition) is 6. The van der Waals surface area contributed by atoms with Crippen LogP contribution in [-0.2, 0) is 11.8 Å². The molecule has 1 N–H and O–H groups in total. The zero-order chi connectivity index (χ0) is 20.4. The van der Waals surface area contributed by atoms with E-state index in [0.29, 0.717) is 23.3 Å². The van der Waals surface area contributed by atoms with Crippen molar-refractivity contribution in [3.05, 3.63) is 58.8 Å². The van der Waals surface area contributed by atoms with Crippen LogP contribution in [0.1, 0.15) is 18.9 Å². The van der Waals surface area contributed by atoms with Crippen molar-refractivity contribution in [1.29, 1.82) is 0 Å². The third kappa shape index (κ3) is 4.40. The average molecular weight is 475 g/mol. The number of fused-ring (bicyclic) bond motifs is 1. The monoisotopic (exact) mass is 474 g/mol. The molecular formula is C20H19BrN4O3S. The van der Waals surface area contributed by atoms with Crippen molar-refractivity contribution in [2.45, 2.75) is 23.4 Å². The number of carbonyl (C=O) groups excluding carboxylic acids is 1. The van der Waals surface area contributed by atoms with Crippen LogP contribution in [0.15, 0.2) is 58.2 Å². The Morgan fingerprint density at radius 1 is 1.21 bits per heavy atom. The van der Waals surface area contributed by atoms with E-state index < -0.39 is 0 Å². The first kappa shape index (κ1) is 19.8. The fraction of sp³-hybridized carbons (Fsp3) is 0.250. The first-order valence-electron chi connectivity index (χ1n) is 9.02. The number of rotatable bonds is 5. The van der Waals surface area contributed by atoms with E-state index in [1.54, 1.807) is 0 Å². The van der Waals surface area contributed by atoms with Crippen LogP contribution in [0.3, 0.4) is 0 Å². The summed E-state index contributed by atoms with van der Waals surface area (Å²) in [5.41, 5.74) is 0.746. The summed E-state index contributed by atoms with van der Waals surface area (Å²) in [6, 6.07) is 15.0. The lowest BCUT2D eigenvalue weighted by atomic mass is 10.2. The highest BCUT2D eigenvalue weighted by Crippen LogP contribution is 2.36. The van der Waals surface area contributed by atoms with E-state index in [2.05, 4.69) is 31.4 Å². The minimum absolute atomic E-state index is 0.104. The maximum atomic E-state index is 12.5. The topological polar surface area (TPSA) is 78.3 Å². The quantitative estimate of drug-likeness (QED) is 0.558. The Morgan fingerprint density at radius 3 is 2.69 bits per heavy atom. The molecular weight excluding hydrogens is 456 g/mol. The van der Waals surface area contributed by atoms with Gasteiger partial charge < -0.3 is 19.4 Å². The largest absolute Gasteiger partial charge is 0.485 e. The van der Waals surface area contributed by atoms with Crippen molar-refractivity contribution in [2.75, 3.05) is 11.9 Å². The Kier molecular flexibility index (Phi) is 5.77. The summed E-state index contributed by atoms with van der Waals surface area (Å²) < 4.78 is 14.6. The molecule has 0 saturated heterocycles. The van der Waals surface area contributed by atoms with E-state index in [1.165, 1.54) is 11.8 Å². The van der Waals surface area contributed by atoms with Gasteiger partial charge in [0.05, 0.1) is 5.25 Å². The normalized spacial score (nSPS) is 16.3. The Labute approximate surface area is 180 Å². The van der Waals surface area contributed by atoms with Gasteiger partial charge in [-0.25, -0.2) is 0 Å². The Balaban J connectivity index is 1.42. The fourth-order valence-electron chi connectivity index (χ4n) is 2.84. The molecule has 2 aromatic carbocycles. The summed E-state index contributed by atoms with van der Waals surface area (Å²) in [5, 5.41) is 11.7. The van der Waals surface area contributed by atoms with Crippen LogP contribution < -0.4 is 14.8 Å². The number of benzene rings is 2. The number of nitrogens with zero attached hydrogens (tertiary/aromatic N) is 3. The zero-order valence-electron chi connectivity index (χ0n) is 15.8. The molecule has 4 rings (SSSR count). The van der Waals surface area contributed by atoms with Crippen molar-refractivity contribution in [3.63, 3.8) is 0 Å². The highest BCUT2D eigenvalue weighted by molar-refractivity contribution is 9.10. The molecule has 2 heterocycles. The second-order valence-corrected chi connectivity index (χ2v) is 8.74. The second-order valence-electron chi connectivity index (χ2n) is 6.52. The number of nitrogens with one attached hydrogen (secondary N) is 1.